The van der Waals surface area contributed by atoms with Crippen LogP contribution < -0.4 is 14.4 Å². The SMILES string of the molecule is CCc1cc(N2CC[C@H](Oc3ccc(C4CC4)cc3)C2=O)ccc1OCCN1CCCC1. The fraction of sp³-hybridized carbons (Fsp3) is 0.519. The summed E-state index contributed by atoms with van der Waals surface area (Å²) in [7, 11) is 0. The smallest absolute Gasteiger partial charge is 0.268 e. The first kappa shape index (κ1) is 21.3. The van der Waals surface area contributed by atoms with Gasteiger partial charge in [0.2, 0.25) is 0 Å². The first-order valence-electron chi connectivity index (χ1n) is 12.3. The summed E-state index contributed by atoms with van der Waals surface area (Å²) in [6.45, 7) is 6.89. The van der Waals surface area contributed by atoms with Crippen LogP contribution in [-0.2, 0) is 11.2 Å². The van der Waals surface area contributed by atoms with Crippen LogP contribution in [0.1, 0.15) is 56.1 Å². The molecule has 5 nitrogen and oxygen atoms in total. The molecule has 5 rings (SSSR count). The predicted octanol–water partition coefficient (Wildman–Crippen LogP) is 4.79. The van der Waals surface area contributed by atoms with Crippen molar-refractivity contribution >= 4 is 11.6 Å². The van der Waals surface area contributed by atoms with E-state index in [1.54, 1.807) is 0 Å². The molecule has 0 unspecified atom stereocenters. The number of hydrogen-bond acceptors (Lipinski definition) is 4. The number of ether oxygens (including phenoxy) is 2. The fourth-order valence-electron chi connectivity index (χ4n) is 4.86. The molecule has 1 saturated carbocycles. The first-order valence-corrected chi connectivity index (χ1v) is 12.3. The molecular formula is C27H34N2O3. The van der Waals surface area contributed by atoms with Gasteiger partial charge in [-0.3, -0.25) is 9.69 Å². The third-order valence-corrected chi connectivity index (χ3v) is 6.96. The number of benzene rings is 2. The third kappa shape index (κ3) is 4.78. The molecule has 0 bridgehead atoms. The van der Waals surface area contributed by atoms with Gasteiger partial charge in [0, 0.05) is 25.2 Å². The summed E-state index contributed by atoms with van der Waals surface area (Å²) in [5.74, 6) is 2.49. The normalized spacial score (nSPS) is 21.3. The van der Waals surface area contributed by atoms with E-state index in [1.807, 2.05) is 29.2 Å². The van der Waals surface area contributed by atoms with Gasteiger partial charge in [-0.25, -0.2) is 0 Å². The Hall–Kier alpha value is -2.53. The maximum atomic E-state index is 13.1. The van der Waals surface area contributed by atoms with E-state index in [2.05, 4.69) is 30.0 Å². The molecular weight excluding hydrogens is 400 g/mol. The quantitative estimate of drug-likeness (QED) is 0.569. The van der Waals surface area contributed by atoms with Crippen molar-refractivity contribution in [3.63, 3.8) is 0 Å². The van der Waals surface area contributed by atoms with Crippen LogP contribution >= 0.6 is 0 Å². The van der Waals surface area contributed by atoms with Crippen LogP contribution in [0, 0.1) is 0 Å². The molecule has 3 fully saturated rings. The molecule has 2 aromatic carbocycles. The molecule has 1 aliphatic carbocycles. The Morgan fingerprint density at radius 3 is 2.47 bits per heavy atom. The molecule has 0 spiro atoms. The van der Waals surface area contributed by atoms with Gasteiger partial charge in [-0.2, -0.15) is 0 Å². The topological polar surface area (TPSA) is 42.0 Å². The molecule has 1 amide bonds. The van der Waals surface area contributed by atoms with E-state index in [0.717, 1.165) is 41.6 Å². The maximum absolute atomic E-state index is 13.1. The molecule has 5 heteroatoms. The summed E-state index contributed by atoms with van der Waals surface area (Å²) < 4.78 is 12.2. The number of likely N-dealkylation sites (tertiary alicyclic amines) is 1. The molecule has 0 aromatic heterocycles. The van der Waals surface area contributed by atoms with Crippen molar-refractivity contribution in [3.8, 4) is 11.5 Å². The fourth-order valence-corrected chi connectivity index (χ4v) is 4.86. The van der Waals surface area contributed by atoms with E-state index in [-0.39, 0.29) is 5.91 Å². The minimum absolute atomic E-state index is 0.0426. The number of hydrogen-bond donors (Lipinski definition) is 0. The van der Waals surface area contributed by atoms with E-state index in [4.69, 9.17) is 9.47 Å². The Morgan fingerprint density at radius 1 is 0.969 bits per heavy atom. The number of nitrogens with zero attached hydrogens (tertiary/aromatic N) is 2. The molecule has 2 aliphatic heterocycles. The Labute approximate surface area is 191 Å². The van der Waals surface area contributed by atoms with E-state index >= 15 is 0 Å². The van der Waals surface area contributed by atoms with Crippen molar-refractivity contribution in [2.45, 2.75) is 57.5 Å². The number of amides is 1. The lowest BCUT2D eigenvalue weighted by molar-refractivity contribution is -0.122. The number of carbonyl (C=O) groups excluding carboxylic acids is 1. The monoisotopic (exact) mass is 434 g/mol. The second-order valence-electron chi connectivity index (χ2n) is 9.27. The molecule has 0 radical (unpaired) electrons. The summed E-state index contributed by atoms with van der Waals surface area (Å²) in [6, 6.07) is 14.4. The lowest BCUT2D eigenvalue weighted by Crippen LogP contribution is -2.32. The Bertz CT molecular complexity index is 932. The van der Waals surface area contributed by atoms with Gasteiger partial charge in [0.1, 0.15) is 18.1 Å². The molecule has 170 valence electrons. The summed E-state index contributed by atoms with van der Waals surface area (Å²) in [5.41, 5.74) is 3.47. The van der Waals surface area contributed by atoms with Crippen LogP contribution in [0.4, 0.5) is 5.69 Å². The first-order chi connectivity index (χ1) is 15.7. The molecule has 3 aliphatic rings. The van der Waals surface area contributed by atoms with Crippen LogP contribution in [0.3, 0.4) is 0 Å². The van der Waals surface area contributed by atoms with E-state index in [9.17, 15) is 4.79 Å². The second kappa shape index (κ2) is 9.53. The molecule has 32 heavy (non-hydrogen) atoms. The highest BCUT2D eigenvalue weighted by atomic mass is 16.5. The minimum atomic E-state index is -0.414. The zero-order chi connectivity index (χ0) is 21.9. The summed E-state index contributed by atoms with van der Waals surface area (Å²) in [4.78, 5) is 17.4. The van der Waals surface area contributed by atoms with Gasteiger partial charge in [0.25, 0.3) is 5.91 Å². The van der Waals surface area contributed by atoms with Crippen molar-refractivity contribution in [1.82, 2.24) is 4.90 Å². The minimum Gasteiger partial charge on any atom is -0.492 e. The van der Waals surface area contributed by atoms with Gasteiger partial charge < -0.3 is 14.4 Å². The molecule has 2 aromatic rings. The number of aryl methyl sites for hydroxylation is 1. The van der Waals surface area contributed by atoms with Crippen LogP contribution in [0.5, 0.6) is 11.5 Å². The van der Waals surface area contributed by atoms with E-state index < -0.39 is 6.10 Å². The standard InChI is InChI=1S/C27H34N2O3/c1-2-20-19-23(9-12-25(20)31-18-17-28-14-3-4-15-28)29-16-13-26(27(29)30)32-24-10-7-22(8-11-24)21-5-6-21/h7-12,19,21,26H,2-6,13-18H2,1H3/t26-/m0/s1. The van der Waals surface area contributed by atoms with Gasteiger partial charge in [0.15, 0.2) is 6.10 Å². The van der Waals surface area contributed by atoms with Crippen LogP contribution in [0.25, 0.3) is 0 Å². The second-order valence-corrected chi connectivity index (χ2v) is 9.27. The average Bonchev–Trinajstić information content (AvgIpc) is 3.43. The Kier molecular flexibility index (Phi) is 6.35. The van der Waals surface area contributed by atoms with Crippen molar-refractivity contribution in [1.29, 1.82) is 0 Å². The average molecular weight is 435 g/mol. The maximum Gasteiger partial charge on any atom is 0.268 e. The van der Waals surface area contributed by atoms with Crippen LogP contribution in [0.2, 0.25) is 0 Å². The van der Waals surface area contributed by atoms with Gasteiger partial charge in [0.05, 0.1) is 0 Å². The Balaban J connectivity index is 1.19. The van der Waals surface area contributed by atoms with Crippen molar-refractivity contribution in [2.75, 3.05) is 37.7 Å². The summed E-state index contributed by atoms with van der Waals surface area (Å²) in [6.07, 6.45) is 6.35. The van der Waals surface area contributed by atoms with Crippen molar-refractivity contribution < 1.29 is 14.3 Å². The van der Waals surface area contributed by atoms with Crippen LogP contribution in [-0.4, -0.2) is 49.7 Å². The highest BCUT2D eigenvalue weighted by Crippen LogP contribution is 2.40. The lowest BCUT2D eigenvalue weighted by Gasteiger charge is -2.20. The highest BCUT2D eigenvalue weighted by Gasteiger charge is 2.34. The third-order valence-electron chi connectivity index (χ3n) is 6.96. The highest BCUT2D eigenvalue weighted by molar-refractivity contribution is 5.99. The van der Waals surface area contributed by atoms with E-state index in [1.165, 1.54) is 44.3 Å². The zero-order valence-electron chi connectivity index (χ0n) is 19.1. The summed E-state index contributed by atoms with van der Waals surface area (Å²) >= 11 is 0. The summed E-state index contributed by atoms with van der Waals surface area (Å²) in [5, 5.41) is 0. The number of anilines is 1. The Morgan fingerprint density at radius 2 is 1.75 bits per heavy atom. The molecule has 0 N–H and O–H groups in total. The van der Waals surface area contributed by atoms with Gasteiger partial charge in [-0.05, 0) is 92.6 Å². The largest absolute Gasteiger partial charge is 0.492 e. The lowest BCUT2D eigenvalue weighted by atomic mass is 10.1. The predicted molar refractivity (Wildman–Crippen MR) is 127 cm³/mol. The van der Waals surface area contributed by atoms with Gasteiger partial charge in [-0.1, -0.05) is 19.1 Å². The van der Waals surface area contributed by atoms with Crippen LogP contribution in [0.15, 0.2) is 42.5 Å². The zero-order valence-corrected chi connectivity index (χ0v) is 19.1. The van der Waals surface area contributed by atoms with Gasteiger partial charge >= 0.3 is 0 Å². The van der Waals surface area contributed by atoms with Crippen molar-refractivity contribution in [3.05, 3.63) is 53.6 Å². The molecule has 2 saturated heterocycles. The van der Waals surface area contributed by atoms with E-state index in [0.29, 0.717) is 19.6 Å². The molecule has 2 heterocycles. The molecule has 1 atom stereocenters. The number of carbonyl (C=O) groups is 1. The number of rotatable bonds is 9. The van der Waals surface area contributed by atoms with Crippen molar-refractivity contribution in [2.24, 2.45) is 0 Å². The van der Waals surface area contributed by atoms with Gasteiger partial charge in [-0.15, -0.1) is 0 Å².